The van der Waals surface area contributed by atoms with Gasteiger partial charge in [-0.1, -0.05) is 44.2 Å². The van der Waals surface area contributed by atoms with Crippen molar-refractivity contribution >= 4 is 5.91 Å². The van der Waals surface area contributed by atoms with Crippen LogP contribution in [0.4, 0.5) is 4.39 Å². The Hall–Kier alpha value is -2.95. The minimum atomic E-state index is -0.303. The number of aromatic nitrogens is 2. The second kappa shape index (κ2) is 8.19. The van der Waals surface area contributed by atoms with Gasteiger partial charge < -0.3 is 5.32 Å². The third-order valence-corrected chi connectivity index (χ3v) is 5.34. The molecule has 0 radical (unpaired) electrons. The number of aryl methyl sites for hydroxylation is 1. The lowest BCUT2D eigenvalue weighted by Crippen LogP contribution is -2.37. The SMILES string of the molecule is Cc1nn(-c2ccc(F)cc2)c(C)c1C(=O)N[C@H](C)CC(C)(C)c1ccccc1. The van der Waals surface area contributed by atoms with Gasteiger partial charge >= 0.3 is 0 Å². The average molecular weight is 394 g/mol. The molecule has 1 aromatic heterocycles. The van der Waals surface area contributed by atoms with Crippen LogP contribution in [0.5, 0.6) is 0 Å². The number of nitrogens with one attached hydrogen (secondary N) is 1. The van der Waals surface area contributed by atoms with E-state index in [1.165, 1.54) is 17.7 Å². The largest absolute Gasteiger partial charge is 0.349 e. The molecule has 29 heavy (non-hydrogen) atoms. The zero-order chi connectivity index (χ0) is 21.2. The molecule has 1 heterocycles. The number of carbonyl (C=O) groups is 1. The summed E-state index contributed by atoms with van der Waals surface area (Å²) in [5, 5.41) is 7.62. The average Bonchev–Trinajstić information content (AvgIpc) is 2.97. The van der Waals surface area contributed by atoms with E-state index >= 15 is 0 Å². The number of nitrogens with zero attached hydrogens (tertiary/aromatic N) is 2. The van der Waals surface area contributed by atoms with Gasteiger partial charge in [0.05, 0.1) is 22.6 Å². The summed E-state index contributed by atoms with van der Waals surface area (Å²) >= 11 is 0. The molecule has 1 amide bonds. The molecule has 0 fully saturated rings. The number of benzene rings is 2. The minimum absolute atomic E-state index is 0.00863. The smallest absolute Gasteiger partial charge is 0.255 e. The van der Waals surface area contributed by atoms with Crippen LogP contribution in [-0.2, 0) is 5.41 Å². The Kier molecular flexibility index (Phi) is 5.87. The van der Waals surface area contributed by atoms with Gasteiger partial charge in [-0.3, -0.25) is 4.79 Å². The van der Waals surface area contributed by atoms with Crippen LogP contribution in [0.15, 0.2) is 54.6 Å². The van der Waals surface area contributed by atoms with E-state index in [1.54, 1.807) is 16.8 Å². The maximum atomic E-state index is 13.2. The van der Waals surface area contributed by atoms with Crippen LogP contribution in [0.2, 0.25) is 0 Å². The number of rotatable bonds is 6. The van der Waals surface area contributed by atoms with Crippen molar-refractivity contribution in [2.45, 2.75) is 52.5 Å². The predicted octanol–water partition coefficient (Wildman–Crippen LogP) is 5.11. The molecule has 1 atom stereocenters. The van der Waals surface area contributed by atoms with Crippen molar-refractivity contribution in [3.8, 4) is 5.69 Å². The van der Waals surface area contributed by atoms with Crippen LogP contribution in [0.3, 0.4) is 0 Å². The monoisotopic (exact) mass is 393 g/mol. The highest BCUT2D eigenvalue weighted by atomic mass is 19.1. The Balaban J connectivity index is 1.76. The van der Waals surface area contributed by atoms with Gasteiger partial charge in [0.25, 0.3) is 5.91 Å². The summed E-state index contributed by atoms with van der Waals surface area (Å²) in [6.45, 7) is 10.1. The second-order valence-corrected chi connectivity index (χ2v) is 8.26. The summed E-state index contributed by atoms with van der Waals surface area (Å²) in [5.41, 5.74) is 3.87. The van der Waals surface area contributed by atoms with Gasteiger partial charge in [0.1, 0.15) is 5.82 Å². The Morgan fingerprint density at radius 3 is 2.34 bits per heavy atom. The normalized spacial score (nSPS) is 12.6. The molecule has 2 aromatic carbocycles. The molecule has 3 rings (SSSR count). The summed E-state index contributed by atoms with van der Waals surface area (Å²) in [6, 6.07) is 16.4. The van der Waals surface area contributed by atoms with Gasteiger partial charge in [0.15, 0.2) is 0 Å². The topological polar surface area (TPSA) is 46.9 Å². The molecule has 0 saturated heterocycles. The maximum Gasteiger partial charge on any atom is 0.255 e. The third-order valence-electron chi connectivity index (χ3n) is 5.34. The van der Waals surface area contributed by atoms with Crippen molar-refractivity contribution in [3.05, 3.63) is 82.9 Å². The first-order chi connectivity index (χ1) is 13.7. The number of hydrogen-bond donors (Lipinski definition) is 1. The third kappa shape index (κ3) is 4.56. The van der Waals surface area contributed by atoms with Crippen molar-refractivity contribution < 1.29 is 9.18 Å². The Labute approximate surface area is 171 Å². The summed E-state index contributed by atoms with van der Waals surface area (Å²) in [4.78, 5) is 13.0. The summed E-state index contributed by atoms with van der Waals surface area (Å²) in [6.07, 6.45) is 0.812. The van der Waals surface area contributed by atoms with Crippen molar-refractivity contribution in [2.24, 2.45) is 0 Å². The van der Waals surface area contributed by atoms with E-state index in [0.29, 0.717) is 11.3 Å². The van der Waals surface area contributed by atoms with Crippen molar-refractivity contribution in [1.82, 2.24) is 15.1 Å². The van der Waals surface area contributed by atoms with E-state index in [1.807, 2.05) is 39.0 Å². The lowest BCUT2D eigenvalue weighted by Gasteiger charge is -2.29. The van der Waals surface area contributed by atoms with E-state index in [2.05, 4.69) is 36.4 Å². The number of halogens is 1. The van der Waals surface area contributed by atoms with E-state index in [-0.39, 0.29) is 23.2 Å². The van der Waals surface area contributed by atoms with E-state index in [9.17, 15) is 9.18 Å². The molecular weight excluding hydrogens is 365 g/mol. The van der Waals surface area contributed by atoms with Gasteiger partial charge in [-0.05, 0) is 62.4 Å². The van der Waals surface area contributed by atoms with Crippen LogP contribution in [0.1, 0.15) is 54.5 Å². The molecule has 1 N–H and O–H groups in total. The standard InChI is InChI=1S/C24H28FN3O/c1-16(15-24(4,5)19-9-7-6-8-10-19)26-23(29)22-17(2)27-28(18(22)3)21-13-11-20(25)12-14-21/h6-14,16H,15H2,1-5H3,(H,26,29)/t16-/m1/s1. The minimum Gasteiger partial charge on any atom is -0.349 e. The van der Waals surface area contributed by atoms with Crippen molar-refractivity contribution in [2.75, 3.05) is 0 Å². The van der Waals surface area contributed by atoms with Crippen LogP contribution >= 0.6 is 0 Å². The lowest BCUT2D eigenvalue weighted by atomic mass is 9.79. The first kappa shape index (κ1) is 20.8. The fourth-order valence-corrected chi connectivity index (χ4v) is 3.92. The molecule has 0 unspecified atom stereocenters. The maximum absolute atomic E-state index is 13.2. The zero-order valence-electron chi connectivity index (χ0n) is 17.7. The first-order valence-corrected chi connectivity index (χ1v) is 9.87. The van der Waals surface area contributed by atoms with Gasteiger partial charge in [0, 0.05) is 6.04 Å². The van der Waals surface area contributed by atoms with Gasteiger partial charge in [-0.2, -0.15) is 5.10 Å². The quantitative estimate of drug-likeness (QED) is 0.632. The molecule has 3 aromatic rings. The highest BCUT2D eigenvalue weighted by Gasteiger charge is 2.26. The van der Waals surface area contributed by atoms with Crippen LogP contribution in [0, 0.1) is 19.7 Å². The Bertz CT molecular complexity index is 991. The van der Waals surface area contributed by atoms with Crippen LogP contribution < -0.4 is 5.32 Å². The van der Waals surface area contributed by atoms with Gasteiger partial charge in [-0.25, -0.2) is 9.07 Å². The van der Waals surface area contributed by atoms with E-state index in [4.69, 9.17) is 0 Å². The molecule has 0 aliphatic rings. The molecule has 0 aliphatic heterocycles. The van der Waals surface area contributed by atoms with Crippen molar-refractivity contribution in [1.29, 1.82) is 0 Å². The van der Waals surface area contributed by atoms with Gasteiger partial charge in [-0.15, -0.1) is 0 Å². The predicted molar refractivity (Wildman–Crippen MR) is 114 cm³/mol. The molecule has 0 saturated carbocycles. The van der Waals surface area contributed by atoms with Crippen LogP contribution in [0.25, 0.3) is 5.69 Å². The molecular formula is C24H28FN3O. The molecule has 5 heteroatoms. The highest BCUT2D eigenvalue weighted by Crippen LogP contribution is 2.28. The summed E-state index contributed by atoms with van der Waals surface area (Å²) < 4.78 is 14.9. The fraction of sp³-hybridized carbons (Fsp3) is 0.333. The van der Waals surface area contributed by atoms with Crippen molar-refractivity contribution in [3.63, 3.8) is 0 Å². The molecule has 0 aliphatic carbocycles. The van der Waals surface area contributed by atoms with E-state index < -0.39 is 0 Å². The van der Waals surface area contributed by atoms with Gasteiger partial charge in [0.2, 0.25) is 0 Å². The van der Waals surface area contributed by atoms with Crippen LogP contribution in [-0.4, -0.2) is 21.7 Å². The zero-order valence-corrected chi connectivity index (χ0v) is 17.7. The second-order valence-electron chi connectivity index (χ2n) is 8.26. The Morgan fingerprint density at radius 1 is 1.10 bits per heavy atom. The van der Waals surface area contributed by atoms with E-state index in [0.717, 1.165) is 17.8 Å². The summed E-state index contributed by atoms with van der Waals surface area (Å²) in [5.74, 6) is -0.437. The summed E-state index contributed by atoms with van der Waals surface area (Å²) in [7, 11) is 0. The Morgan fingerprint density at radius 2 is 1.72 bits per heavy atom. The molecule has 152 valence electrons. The number of carbonyl (C=O) groups excluding carboxylic acids is 1. The highest BCUT2D eigenvalue weighted by molar-refractivity contribution is 5.96. The molecule has 0 spiro atoms. The first-order valence-electron chi connectivity index (χ1n) is 9.87. The number of amides is 1. The fourth-order valence-electron chi connectivity index (χ4n) is 3.92. The number of hydrogen-bond acceptors (Lipinski definition) is 2. The lowest BCUT2D eigenvalue weighted by molar-refractivity contribution is 0.0933. The molecule has 4 nitrogen and oxygen atoms in total. The molecule has 0 bridgehead atoms.